The molecular weight excluding hydrogens is 424 g/mol. The second-order valence-corrected chi connectivity index (χ2v) is 9.24. The Morgan fingerprint density at radius 3 is 2.59 bits per heavy atom. The van der Waals surface area contributed by atoms with Crippen molar-refractivity contribution in [2.45, 2.75) is 58.2 Å². The number of benzene rings is 1. The van der Waals surface area contributed by atoms with Gasteiger partial charge in [-0.05, 0) is 56.2 Å². The smallest absolute Gasteiger partial charge is 0.258 e. The maximum atomic E-state index is 13.8. The van der Waals surface area contributed by atoms with Crippen LogP contribution in [-0.2, 0) is 11.3 Å². The quantitative estimate of drug-likeness (QED) is 0.630. The van der Waals surface area contributed by atoms with Crippen LogP contribution < -0.4 is 5.73 Å². The number of allylic oxidation sites excluding steroid dienone is 4. The molecule has 1 aromatic carbocycles. The predicted octanol–water partition coefficient (Wildman–Crippen LogP) is 4.50. The van der Waals surface area contributed by atoms with Gasteiger partial charge in [0.1, 0.15) is 5.69 Å². The summed E-state index contributed by atoms with van der Waals surface area (Å²) in [7, 11) is 1.64. The lowest BCUT2D eigenvalue weighted by molar-refractivity contribution is 0.0458. The molecule has 0 fully saturated rings. The summed E-state index contributed by atoms with van der Waals surface area (Å²) in [5.74, 6) is -0.00599. The molecule has 4 rings (SSSR count). The van der Waals surface area contributed by atoms with E-state index in [1.54, 1.807) is 7.11 Å². The van der Waals surface area contributed by atoms with Crippen molar-refractivity contribution < 1.29 is 9.53 Å². The highest BCUT2D eigenvalue weighted by atomic mass is 16.5. The fourth-order valence-electron chi connectivity index (χ4n) is 5.03. The lowest BCUT2D eigenvalue weighted by Crippen LogP contribution is -2.48. The normalized spacial score (nSPS) is 20.6. The van der Waals surface area contributed by atoms with Crippen molar-refractivity contribution in [1.29, 1.82) is 0 Å². The molecule has 1 amide bonds. The molecular formula is C28H36N4O2. The van der Waals surface area contributed by atoms with Gasteiger partial charge in [-0.25, -0.2) is 0 Å². The van der Waals surface area contributed by atoms with Crippen LogP contribution in [0.4, 0.5) is 0 Å². The lowest BCUT2D eigenvalue weighted by Gasteiger charge is -2.37. The number of nitrogens with two attached hydrogens (primary N) is 1. The van der Waals surface area contributed by atoms with E-state index in [0.29, 0.717) is 25.2 Å². The Morgan fingerprint density at radius 1 is 1.24 bits per heavy atom. The van der Waals surface area contributed by atoms with E-state index in [1.807, 2.05) is 40.8 Å². The number of carbonyl (C=O) groups excluding carboxylic acids is 1. The van der Waals surface area contributed by atoms with Crippen molar-refractivity contribution >= 4 is 11.5 Å². The van der Waals surface area contributed by atoms with Crippen molar-refractivity contribution in [2.75, 3.05) is 20.2 Å². The molecule has 2 aromatic rings. The Bertz CT molecular complexity index is 1110. The molecule has 1 aliphatic heterocycles. The number of hydrogen-bond donors (Lipinski definition) is 1. The molecule has 0 radical (unpaired) electrons. The number of hydrogen-bond acceptors (Lipinski definition) is 4. The van der Waals surface area contributed by atoms with E-state index < -0.39 is 0 Å². The van der Waals surface area contributed by atoms with Gasteiger partial charge in [0, 0.05) is 31.5 Å². The van der Waals surface area contributed by atoms with Crippen LogP contribution in [0.2, 0.25) is 0 Å². The van der Waals surface area contributed by atoms with Gasteiger partial charge in [0.05, 0.1) is 24.3 Å². The topological polar surface area (TPSA) is 73.4 Å². The number of carbonyl (C=O) groups is 1. The molecule has 2 N–H and O–H groups in total. The highest BCUT2D eigenvalue weighted by Crippen LogP contribution is 2.37. The highest BCUT2D eigenvalue weighted by Gasteiger charge is 2.39. The number of fused-ring (bicyclic) bond motifs is 1. The van der Waals surface area contributed by atoms with E-state index >= 15 is 0 Å². The minimum atomic E-state index is -0.216. The first-order valence-corrected chi connectivity index (χ1v) is 12.2. The van der Waals surface area contributed by atoms with Gasteiger partial charge in [0.25, 0.3) is 5.91 Å². The van der Waals surface area contributed by atoms with Crippen LogP contribution in [0.1, 0.15) is 59.9 Å². The largest absolute Gasteiger partial charge is 0.378 e. The van der Waals surface area contributed by atoms with E-state index in [2.05, 4.69) is 31.7 Å². The molecule has 6 heteroatoms. The molecule has 0 bridgehead atoms. The van der Waals surface area contributed by atoms with Crippen LogP contribution in [0.3, 0.4) is 0 Å². The van der Waals surface area contributed by atoms with E-state index in [4.69, 9.17) is 15.6 Å². The number of aromatic nitrogens is 2. The Morgan fingerprint density at radius 2 is 1.94 bits per heavy atom. The number of rotatable bonds is 8. The first kappa shape index (κ1) is 24.2. The third-order valence-electron chi connectivity index (χ3n) is 7.17. The second kappa shape index (κ2) is 10.5. The van der Waals surface area contributed by atoms with Gasteiger partial charge in [-0.2, -0.15) is 5.10 Å². The highest BCUT2D eigenvalue weighted by molar-refractivity contribution is 6.04. The van der Waals surface area contributed by atoms with E-state index in [1.165, 1.54) is 24.0 Å². The van der Waals surface area contributed by atoms with Crippen LogP contribution in [0.25, 0.3) is 5.57 Å². The van der Waals surface area contributed by atoms with Gasteiger partial charge in [0.15, 0.2) is 0 Å². The van der Waals surface area contributed by atoms with Crippen molar-refractivity contribution in [3.05, 3.63) is 82.7 Å². The van der Waals surface area contributed by atoms with Crippen molar-refractivity contribution in [3.8, 4) is 0 Å². The van der Waals surface area contributed by atoms with Crippen LogP contribution in [0.5, 0.6) is 0 Å². The number of ether oxygens (including phenoxy) is 1. The Balaban J connectivity index is 1.83. The molecule has 1 aliphatic carbocycles. The summed E-state index contributed by atoms with van der Waals surface area (Å²) in [5.41, 5.74) is 13.1. The van der Waals surface area contributed by atoms with Crippen LogP contribution in [0, 0.1) is 6.92 Å². The van der Waals surface area contributed by atoms with Gasteiger partial charge < -0.3 is 15.4 Å². The number of amides is 1. The average molecular weight is 461 g/mol. The zero-order chi connectivity index (χ0) is 24.2. The minimum absolute atomic E-state index is 0.00599. The van der Waals surface area contributed by atoms with Crippen molar-refractivity contribution in [1.82, 2.24) is 14.7 Å². The molecule has 34 heavy (non-hydrogen) atoms. The van der Waals surface area contributed by atoms with Gasteiger partial charge in [0.2, 0.25) is 0 Å². The maximum Gasteiger partial charge on any atom is 0.258 e. The minimum Gasteiger partial charge on any atom is -0.378 e. The lowest BCUT2D eigenvalue weighted by atomic mass is 9.86. The molecule has 6 nitrogen and oxygen atoms in total. The molecule has 180 valence electrons. The molecule has 0 saturated carbocycles. The molecule has 1 aromatic heterocycles. The molecule has 2 aliphatic rings. The fraction of sp³-hybridized carbons (Fsp3) is 0.429. The maximum absolute atomic E-state index is 13.8. The Hall–Kier alpha value is -2.96. The Labute approximate surface area is 202 Å². The summed E-state index contributed by atoms with van der Waals surface area (Å²) in [6.07, 6.45) is 8.46. The second-order valence-electron chi connectivity index (χ2n) is 9.24. The molecule has 0 spiro atoms. The molecule has 0 saturated heterocycles. The number of nitrogens with zero attached hydrogens (tertiary/aromatic N) is 3. The van der Waals surface area contributed by atoms with E-state index in [9.17, 15) is 4.79 Å². The van der Waals surface area contributed by atoms with Gasteiger partial charge in [-0.1, -0.05) is 49.1 Å². The third-order valence-corrected chi connectivity index (χ3v) is 7.17. The fourth-order valence-corrected chi connectivity index (χ4v) is 5.03. The summed E-state index contributed by atoms with van der Waals surface area (Å²) in [5, 5.41) is 4.99. The van der Waals surface area contributed by atoms with E-state index in [0.717, 1.165) is 35.4 Å². The average Bonchev–Trinajstić information content (AvgIpc) is 3.18. The standard InChI is InChI=1S/C28H36N4O2/c1-5-22-13-9-10-14-23(22)15-25-19(2)31(18-24(16-29)34-4)28(33)26-20(3)32(30-27(25)26)17-21-11-7-6-8-12-21/h5-8,11-12,15,19,24H,1,9-10,13-14,16-18,29H2,2-4H3/b25-15+. The van der Waals surface area contributed by atoms with Crippen LogP contribution >= 0.6 is 0 Å². The summed E-state index contributed by atoms with van der Waals surface area (Å²) in [6.45, 7) is 9.54. The summed E-state index contributed by atoms with van der Waals surface area (Å²) in [6, 6.07) is 10.1. The van der Waals surface area contributed by atoms with Crippen molar-refractivity contribution in [2.24, 2.45) is 5.73 Å². The SMILES string of the molecule is C=CC1=C(/C=C2/c3nn(Cc4ccccc4)c(C)c3C(=O)N(CC(CN)OC)C2C)CCCC1. The zero-order valence-electron chi connectivity index (χ0n) is 20.6. The van der Waals surface area contributed by atoms with Gasteiger partial charge in [-0.3, -0.25) is 9.48 Å². The summed E-state index contributed by atoms with van der Waals surface area (Å²) in [4.78, 5) is 15.7. The third kappa shape index (κ3) is 4.65. The van der Waals surface area contributed by atoms with Crippen LogP contribution in [0.15, 0.2) is 60.2 Å². The molecule has 2 heterocycles. The number of methoxy groups -OCH3 is 1. The molecule has 2 atom stereocenters. The summed E-state index contributed by atoms with van der Waals surface area (Å²) >= 11 is 0. The van der Waals surface area contributed by atoms with Crippen molar-refractivity contribution in [3.63, 3.8) is 0 Å². The molecule has 2 unspecified atom stereocenters. The van der Waals surface area contributed by atoms with Gasteiger partial charge in [-0.15, -0.1) is 0 Å². The van der Waals surface area contributed by atoms with E-state index in [-0.39, 0.29) is 18.1 Å². The van der Waals surface area contributed by atoms with Gasteiger partial charge >= 0.3 is 0 Å². The zero-order valence-corrected chi connectivity index (χ0v) is 20.6. The van der Waals surface area contributed by atoms with Crippen LogP contribution in [-0.4, -0.2) is 52.9 Å². The monoisotopic (exact) mass is 460 g/mol. The Kier molecular flexibility index (Phi) is 7.49. The summed E-state index contributed by atoms with van der Waals surface area (Å²) < 4.78 is 7.50. The first-order valence-electron chi connectivity index (χ1n) is 12.2. The predicted molar refractivity (Wildman–Crippen MR) is 137 cm³/mol. The first-order chi connectivity index (χ1) is 16.5.